The molecule has 0 aliphatic carbocycles. The number of aliphatic hydroxyl groups is 2. The highest BCUT2D eigenvalue weighted by molar-refractivity contribution is 5.86. The van der Waals surface area contributed by atoms with Gasteiger partial charge in [-0.3, -0.25) is 4.98 Å². The van der Waals surface area contributed by atoms with Crippen molar-refractivity contribution in [2.75, 3.05) is 62.9 Å². The average Bonchev–Trinajstić information content (AvgIpc) is 2.72. The van der Waals surface area contributed by atoms with Crippen molar-refractivity contribution in [3.05, 3.63) is 18.3 Å². The zero-order valence-corrected chi connectivity index (χ0v) is 15.2. The van der Waals surface area contributed by atoms with Crippen LogP contribution in [0.1, 0.15) is 12.8 Å². The molecule has 1 aliphatic rings. The molecule has 0 amide bonds. The minimum absolute atomic E-state index is 0.00596. The fourth-order valence-corrected chi connectivity index (χ4v) is 2.59. The van der Waals surface area contributed by atoms with Gasteiger partial charge in [-0.1, -0.05) is 5.23 Å². The average molecular weight is 379 g/mol. The number of rotatable bonds is 10. The Morgan fingerprint density at radius 1 is 1.07 bits per heavy atom. The van der Waals surface area contributed by atoms with Crippen LogP contribution in [0.2, 0.25) is 0 Å². The van der Waals surface area contributed by atoms with Crippen LogP contribution >= 0.6 is 0 Å². The van der Waals surface area contributed by atoms with Crippen LogP contribution in [-0.2, 0) is 14.4 Å². The van der Waals surface area contributed by atoms with Crippen LogP contribution < -0.4 is 10.1 Å². The minimum atomic E-state index is 0.00596. The summed E-state index contributed by atoms with van der Waals surface area (Å²) in [4.78, 5) is 26.8. The number of ether oxygens (including phenoxy) is 1. The molecule has 148 valence electrons. The third-order valence-corrected chi connectivity index (χ3v) is 3.92. The van der Waals surface area contributed by atoms with Gasteiger partial charge in [0.1, 0.15) is 5.52 Å². The Balaban J connectivity index is 1.91. The van der Waals surface area contributed by atoms with E-state index in [-0.39, 0.29) is 32.4 Å². The first-order valence-corrected chi connectivity index (χ1v) is 9.06. The summed E-state index contributed by atoms with van der Waals surface area (Å²) in [6.07, 6.45) is 2.61. The number of morpholine rings is 1. The standard InChI is InChI=1S/C17H25N5O5/c23-8-2-10-26-22(27-11-3-9-24)17-19-14-4-1-5-18-15(14)16(20-17)21-6-12-25-13-7-21/h1,4-5,23-24H,2-3,6-13H2. The van der Waals surface area contributed by atoms with Crippen LogP contribution in [0, 0.1) is 0 Å². The van der Waals surface area contributed by atoms with E-state index in [1.54, 1.807) is 6.20 Å². The van der Waals surface area contributed by atoms with Crippen molar-refractivity contribution in [3.8, 4) is 0 Å². The second kappa shape index (κ2) is 10.3. The molecule has 10 nitrogen and oxygen atoms in total. The van der Waals surface area contributed by atoms with Gasteiger partial charge in [-0.05, 0) is 25.0 Å². The lowest BCUT2D eigenvalue weighted by atomic mass is 10.3. The van der Waals surface area contributed by atoms with Gasteiger partial charge < -0.3 is 19.8 Å². The number of hydrogen-bond acceptors (Lipinski definition) is 10. The van der Waals surface area contributed by atoms with Gasteiger partial charge in [0, 0.05) is 32.5 Å². The van der Waals surface area contributed by atoms with Crippen LogP contribution in [0.3, 0.4) is 0 Å². The maximum absolute atomic E-state index is 8.99. The van der Waals surface area contributed by atoms with Crippen LogP contribution in [0.5, 0.6) is 0 Å². The molecule has 10 heteroatoms. The molecule has 0 spiro atoms. The molecule has 0 radical (unpaired) electrons. The predicted molar refractivity (Wildman–Crippen MR) is 98.2 cm³/mol. The monoisotopic (exact) mass is 379 g/mol. The van der Waals surface area contributed by atoms with Crippen molar-refractivity contribution in [1.29, 1.82) is 0 Å². The Morgan fingerprint density at radius 2 is 1.78 bits per heavy atom. The van der Waals surface area contributed by atoms with E-state index in [1.165, 1.54) is 0 Å². The topological polar surface area (TPSA) is 113 Å². The Labute approximate surface area is 157 Å². The molecule has 0 bridgehead atoms. The molecule has 27 heavy (non-hydrogen) atoms. The summed E-state index contributed by atoms with van der Waals surface area (Å²) in [7, 11) is 0. The second-order valence-electron chi connectivity index (χ2n) is 5.90. The maximum atomic E-state index is 8.99. The molecule has 2 N–H and O–H groups in total. The van der Waals surface area contributed by atoms with E-state index in [0.29, 0.717) is 56.0 Å². The van der Waals surface area contributed by atoms with Crippen LogP contribution in [0.25, 0.3) is 11.0 Å². The molecular formula is C17H25N5O5. The van der Waals surface area contributed by atoms with Crippen molar-refractivity contribution in [1.82, 2.24) is 15.0 Å². The smallest absolute Gasteiger partial charge is 0.280 e. The number of pyridine rings is 1. The molecule has 2 aromatic heterocycles. The first kappa shape index (κ1) is 19.6. The number of nitrogens with zero attached hydrogens (tertiary/aromatic N) is 5. The molecule has 0 unspecified atom stereocenters. The van der Waals surface area contributed by atoms with Crippen molar-refractivity contribution < 1.29 is 24.6 Å². The fourth-order valence-electron chi connectivity index (χ4n) is 2.59. The van der Waals surface area contributed by atoms with Gasteiger partial charge in [0.2, 0.25) is 0 Å². The van der Waals surface area contributed by atoms with Crippen molar-refractivity contribution >= 4 is 22.8 Å². The van der Waals surface area contributed by atoms with Crippen LogP contribution in [-0.4, -0.2) is 77.9 Å². The van der Waals surface area contributed by atoms with Crippen molar-refractivity contribution in [3.63, 3.8) is 0 Å². The Hall–Kier alpha value is -2.11. The SMILES string of the molecule is OCCCON(OCCCO)c1nc(N2CCOCC2)c2ncccc2n1. The van der Waals surface area contributed by atoms with Gasteiger partial charge in [-0.2, -0.15) is 4.98 Å². The lowest BCUT2D eigenvalue weighted by Crippen LogP contribution is -2.37. The van der Waals surface area contributed by atoms with Crippen molar-refractivity contribution in [2.45, 2.75) is 12.8 Å². The first-order chi connectivity index (χ1) is 13.3. The Morgan fingerprint density at radius 3 is 2.44 bits per heavy atom. The molecule has 0 aromatic carbocycles. The quantitative estimate of drug-likeness (QED) is 0.441. The predicted octanol–water partition coefficient (Wildman–Crippen LogP) is 0.296. The molecule has 2 aromatic rings. The summed E-state index contributed by atoms with van der Waals surface area (Å²) < 4.78 is 5.43. The molecular weight excluding hydrogens is 354 g/mol. The number of hydrogen-bond donors (Lipinski definition) is 2. The zero-order chi connectivity index (χ0) is 18.9. The van der Waals surface area contributed by atoms with Gasteiger partial charge in [0.05, 0.1) is 31.9 Å². The summed E-state index contributed by atoms with van der Waals surface area (Å²) >= 11 is 0. The third kappa shape index (κ3) is 5.21. The molecule has 0 atom stereocenters. The van der Waals surface area contributed by atoms with E-state index in [1.807, 2.05) is 12.1 Å². The number of aliphatic hydroxyl groups excluding tert-OH is 2. The zero-order valence-electron chi connectivity index (χ0n) is 15.2. The highest BCUT2D eigenvalue weighted by Gasteiger charge is 2.21. The van der Waals surface area contributed by atoms with Gasteiger partial charge in [-0.15, -0.1) is 0 Å². The van der Waals surface area contributed by atoms with Gasteiger partial charge in [-0.25, -0.2) is 14.7 Å². The highest BCUT2D eigenvalue weighted by atomic mass is 16.9. The van der Waals surface area contributed by atoms with E-state index in [4.69, 9.17) is 24.6 Å². The highest BCUT2D eigenvalue weighted by Crippen LogP contribution is 2.26. The summed E-state index contributed by atoms with van der Waals surface area (Å²) in [6.45, 7) is 3.17. The number of aromatic nitrogens is 3. The van der Waals surface area contributed by atoms with E-state index in [2.05, 4.69) is 19.9 Å². The lowest BCUT2D eigenvalue weighted by molar-refractivity contribution is -0.0970. The van der Waals surface area contributed by atoms with E-state index in [0.717, 1.165) is 5.23 Å². The maximum Gasteiger partial charge on any atom is 0.280 e. The first-order valence-electron chi connectivity index (χ1n) is 9.06. The second-order valence-corrected chi connectivity index (χ2v) is 5.90. The van der Waals surface area contributed by atoms with E-state index in [9.17, 15) is 0 Å². The Bertz CT molecular complexity index is 703. The molecule has 1 aliphatic heterocycles. The molecule has 0 saturated carbocycles. The Kier molecular flexibility index (Phi) is 7.48. The summed E-state index contributed by atoms with van der Waals surface area (Å²) in [5.74, 6) is 0.938. The molecule has 3 heterocycles. The number of fused-ring (bicyclic) bond motifs is 1. The third-order valence-electron chi connectivity index (χ3n) is 3.92. The van der Waals surface area contributed by atoms with E-state index >= 15 is 0 Å². The molecule has 1 saturated heterocycles. The summed E-state index contributed by atoms with van der Waals surface area (Å²) in [5.41, 5.74) is 1.37. The fraction of sp³-hybridized carbons (Fsp3) is 0.588. The summed E-state index contributed by atoms with van der Waals surface area (Å²) in [6, 6.07) is 3.67. The largest absolute Gasteiger partial charge is 0.396 e. The normalized spacial score (nSPS) is 14.7. The van der Waals surface area contributed by atoms with Crippen LogP contribution in [0.4, 0.5) is 11.8 Å². The molecule has 1 fully saturated rings. The van der Waals surface area contributed by atoms with E-state index < -0.39 is 0 Å². The minimum Gasteiger partial charge on any atom is -0.396 e. The molecule has 3 rings (SSSR count). The van der Waals surface area contributed by atoms with Crippen LogP contribution in [0.15, 0.2) is 18.3 Å². The lowest BCUT2D eigenvalue weighted by Gasteiger charge is -2.29. The van der Waals surface area contributed by atoms with Gasteiger partial charge in [0.15, 0.2) is 5.82 Å². The number of anilines is 2. The van der Waals surface area contributed by atoms with Gasteiger partial charge >= 0.3 is 0 Å². The summed E-state index contributed by atoms with van der Waals surface area (Å²) in [5, 5.41) is 19.1. The van der Waals surface area contributed by atoms with Gasteiger partial charge in [0.25, 0.3) is 5.95 Å². The van der Waals surface area contributed by atoms with Crippen molar-refractivity contribution in [2.24, 2.45) is 0 Å².